The molecule has 2 atom stereocenters. The molecular weight excluding hydrogens is 342 g/mol. The summed E-state index contributed by atoms with van der Waals surface area (Å²) >= 11 is 3.45. The van der Waals surface area contributed by atoms with Crippen LogP contribution in [0, 0.1) is 5.92 Å². The number of halogens is 1. The summed E-state index contributed by atoms with van der Waals surface area (Å²) in [6.07, 6.45) is 4.87. The van der Waals surface area contributed by atoms with E-state index >= 15 is 0 Å². The summed E-state index contributed by atoms with van der Waals surface area (Å²) in [5, 5.41) is 10.3. The molecule has 1 saturated carbocycles. The zero-order chi connectivity index (χ0) is 15.1. The van der Waals surface area contributed by atoms with Gasteiger partial charge in [0, 0.05) is 22.8 Å². The van der Waals surface area contributed by atoms with Crippen LogP contribution in [0.5, 0.6) is 0 Å². The normalized spacial score (nSPS) is 24.7. The summed E-state index contributed by atoms with van der Waals surface area (Å²) in [6.45, 7) is 0.874. The first-order valence-corrected chi connectivity index (χ1v) is 8.55. The molecule has 2 heterocycles. The fourth-order valence-electron chi connectivity index (χ4n) is 3.32. The molecule has 4 rings (SSSR count). The van der Waals surface area contributed by atoms with E-state index in [1.54, 1.807) is 0 Å². The minimum absolute atomic E-state index is 0.224. The van der Waals surface area contributed by atoms with Crippen LogP contribution in [-0.2, 0) is 0 Å². The second kappa shape index (κ2) is 5.63. The Labute approximate surface area is 138 Å². The number of nitrogens with zero attached hydrogens (tertiary/aromatic N) is 3. The number of hydrogen-bond donors (Lipinski definition) is 1. The first kappa shape index (κ1) is 14.2. The van der Waals surface area contributed by atoms with Crippen molar-refractivity contribution >= 4 is 21.7 Å². The van der Waals surface area contributed by atoms with Crippen molar-refractivity contribution in [3.63, 3.8) is 0 Å². The molecule has 0 amide bonds. The highest BCUT2D eigenvalue weighted by Crippen LogP contribution is 2.41. The monoisotopic (exact) mass is 359 g/mol. The number of aliphatic hydroxyl groups is 1. The summed E-state index contributed by atoms with van der Waals surface area (Å²) in [7, 11) is 0. The van der Waals surface area contributed by atoms with E-state index in [-0.39, 0.29) is 12.1 Å². The average Bonchev–Trinajstić information content (AvgIpc) is 3.30. The molecule has 22 heavy (non-hydrogen) atoms. The molecule has 1 aromatic heterocycles. The molecule has 2 fully saturated rings. The van der Waals surface area contributed by atoms with Crippen molar-refractivity contribution in [1.29, 1.82) is 0 Å². The molecule has 0 unspecified atom stereocenters. The Hall–Kier alpha value is -1.46. The Bertz CT molecular complexity index is 672. The third kappa shape index (κ3) is 2.63. The Kier molecular flexibility index (Phi) is 3.62. The summed E-state index contributed by atoms with van der Waals surface area (Å²) in [5.41, 5.74) is 1.01. The van der Waals surface area contributed by atoms with Gasteiger partial charge >= 0.3 is 0 Å². The smallest absolute Gasteiger partial charge is 0.161 e. The zero-order valence-corrected chi connectivity index (χ0v) is 13.8. The maximum atomic E-state index is 10.3. The van der Waals surface area contributed by atoms with Gasteiger partial charge in [-0.1, -0.05) is 28.1 Å². The minimum atomic E-state index is -0.224. The molecule has 0 spiro atoms. The zero-order valence-electron chi connectivity index (χ0n) is 12.2. The third-order valence-corrected chi connectivity index (χ3v) is 5.09. The van der Waals surface area contributed by atoms with Gasteiger partial charge in [0.05, 0.1) is 12.1 Å². The highest BCUT2D eigenvalue weighted by molar-refractivity contribution is 9.10. The standard InChI is InChI=1S/C17H18BrN3O/c18-13-5-3-12(4-6-13)17-19-9-7-15(20-17)21-10-8-14(22)16(21)11-1-2-11/h3-7,9,11,14,16,22H,1-2,8,10H2/t14-,16-/m1/s1. The highest BCUT2D eigenvalue weighted by atomic mass is 79.9. The lowest BCUT2D eigenvalue weighted by atomic mass is 10.1. The van der Waals surface area contributed by atoms with Gasteiger partial charge in [0.2, 0.25) is 0 Å². The van der Waals surface area contributed by atoms with Crippen molar-refractivity contribution in [1.82, 2.24) is 9.97 Å². The number of anilines is 1. The number of hydrogen-bond acceptors (Lipinski definition) is 4. The molecule has 2 aromatic rings. The number of aromatic nitrogens is 2. The fourth-order valence-corrected chi connectivity index (χ4v) is 3.58. The van der Waals surface area contributed by atoms with Gasteiger partial charge in [-0.15, -0.1) is 0 Å². The van der Waals surface area contributed by atoms with Gasteiger partial charge in [-0.3, -0.25) is 0 Å². The van der Waals surface area contributed by atoms with Gasteiger partial charge in [0.25, 0.3) is 0 Å². The highest BCUT2D eigenvalue weighted by Gasteiger charge is 2.44. The maximum Gasteiger partial charge on any atom is 0.161 e. The topological polar surface area (TPSA) is 49.2 Å². The van der Waals surface area contributed by atoms with Crippen molar-refractivity contribution in [2.75, 3.05) is 11.4 Å². The van der Waals surface area contributed by atoms with Gasteiger partial charge in [-0.05, 0) is 43.4 Å². The number of rotatable bonds is 3. The predicted octanol–water partition coefficient (Wildman–Crippen LogP) is 3.26. The molecule has 1 saturated heterocycles. The van der Waals surface area contributed by atoms with Crippen LogP contribution in [0.25, 0.3) is 11.4 Å². The Morgan fingerprint density at radius 2 is 1.86 bits per heavy atom. The van der Waals surface area contributed by atoms with Gasteiger partial charge in [0.1, 0.15) is 5.82 Å². The lowest BCUT2D eigenvalue weighted by molar-refractivity contribution is 0.155. The van der Waals surface area contributed by atoms with Crippen molar-refractivity contribution in [2.24, 2.45) is 5.92 Å². The summed E-state index contributed by atoms with van der Waals surface area (Å²) < 4.78 is 1.05. The van der Waals surface area contributed by atoms with E-state index in [1.807, 2.05) is 36.5 Å². The van der Waals surface area contributed by atoms with Gasteiger partial charge < -0.3 is 10.0 Å². The first-order valence-electron chi connectivity index (χ1n) is 7.76. The van der Waals surface area contributed by atoms with Crippen molar-refractivity contribution in [3.05, 3.63) is 41.0 Å². The van der Waals surface area contributed by atoms with E-state index in [4.69, 9.17) is 4.98 Å². The fraction of sp³-hybridized carbons (Fsp3) is 0.412. The molecule has 1 aliphatic carbocycles. The average molecular weight is 360 g/mol. The SMILES string of the molecule is O[C@@H]1CCN(c2ccnc(-c3ccc(Br)cc3)n2)[C@@H]1C1CC1. The maximum absolute atomic E-state index is 10.3. The van der Waals surface area contributed by atoms with E-state index in [1.165, 1.54) is 12.8 Å². The van der Waals surface area contributed by atoms with Gasteiger partial charge in [-0.25, -0.2) is 9.97 Å². The molecule has 1 N–H and O–H groups in total. The third-order valence-electron chi connectivity index (χ3n) is 4.56. The van der Waals surface area contributed by atoms with Crippen LogP contribution in [0.2, 0.25) is 0 Å². The molecule has 2 aliphatic rings. The minimum Gasteiger partial charge on any atom is -0.391 e. The van der Waals surface area contributed by atoms with E-state index in [0.717, 1.165) is 34.6 Å². The van der Waals surface area contributed by atoms with Gasteiger partial charge in [-0.2, -0.15) is 0 Å². The van der Waals surface area contributed by atoms with Crippen LogP contribution >= 0.6 is 15.9 Å². The van der Waals surface area contributed by atoms with Crippen molar-refractivity contribution in [3.8, 4) is 11.4 Å². The van der Waals surface area contributed by atoms with E-state index in [0.29, 0.717) is 5.92 Å². The Morgan fingerprint density at radius 3 is 2.59 bits per heavy atom. The van der Waals surface area contributed by atoms with Crippen LogP contribution in [0.4, 0.5) is 5.82 Å². The quantitative estimate of drug-likeness (QED) is 0.913. The second-order valence-electron chi connectivity index (χ2n) is 6.12. The first-order chi connectivity index (χ1) is 10.7. The van der Waals surface area contributed by atoms with Crippen LogP contribution in [0.1, 0.15) is 19.3 Å². The van der Waals surface area contributed by atoms with E-state index in [9.17, 15) is 5.11 Å². The molecule has 0 radical (unpaired) electrons. The molecule has 4 nitrogen and oxygen atoms in total. The predicted molar refractivity (Wildman–Crippen MR) is 89.6 cm³/mol. The van der Waals surface area contributed by atoms with E-state index in [2.05, 4.69) is 25.8 Å². The number of aliphatic hydroxyl groups excluding tert-OH is 1. The Balaban J connectivity index is 1.65. The lowest BCUT2D eigenvalue weighted by Gasteiger charge is -2.27. The second-order valence-corrected chi connectivity index (χ2v) is 7.04. The summed E-state index contributed by atoms with van der Waals surface area (Å²) in [5.74, 6) is 2.30. The number of benzene rings is 1. The van der Waals surface area contributed by atoms with Crippen LogP contribution in [-0.4, -0.2) is 33.8 Å². The molecule has 1 aromatic carbocycles. The molecule has 114 valence electrons. The molecule has 0 bridgehead atoms. The largest absolute Gasteiger partial charge is 0.391 e. The van der Waals surface area contributed by atoms with Crippen LogP contribution in [0.15, 0.2) is 41.0 Å². The summed E-state index contributed by atoms with van der Waals surface area (Å²) in [6, 6.07) is 10.2. The Morgan fingerprint density at radius 1 is 1.09 bits per heavy atom. The van der Waals surface area contributed by atoms with E-state index < -0.39 is 0 Å². The van der Waals surface area contributed by atoms with Crippen LogP contribution in [0.3, 0.4) is 0 Å². The van der Waals surface area contributed by atoms with Crippen molar-refractivity contribution in [2.45, 2.75) is 31.4 Å². The molecule has 1 aliphatic heterocycles. The molecular formula is C17H18BrN3O. The molecule has 5 heteroatoms. The van der Waals surface area contributed by atoms with Gasteiger partial charge in [0.15, 0.2) is 5.82 Å². The van der Waals surface area contributed by atoms with Crippen LogP contribution < -0.4 is 4.90 Å². The summed E-state index contributed by atoms with van der Waals surface area (Å²) in [4.78, 5) is 11.4. The lowest BCUT2D eigenvalue weighted by Crippen LogP contribution is -2.37. The van der Waals surface area contributed by atoms with Crippen molar-refractivity contribution < 1.29 is 5.11 Å².